The van der Waals surface area contributed by atoms with Gasteiger partial charge in [0.15, 0.2) is 5.60 Å². The molecule has 0 aromatic rings. The Hall–Kier alpha value is -1.21. The minimum Gasteiger partial charge on any atom is -0.430 e. The van der Waals surface area contributed by atoms with E-state index in [2.05, 4.69) is 5.92 Å². The van der Waals surface area contributed by atoms with Crippen LogP contribution in [0.1, 0.15) is 25.7 Å². The second-order valence-corrected chi connectivity index (χ2v) is 3.29. The first-order valence-electron chi connectivity index (χ1n) is 4.22. The summed E-state index contributed by atoms with van der Waals surface area (Å²) in [5.41, 5.74) is 4.02. The molecule has 0 bridgehead atoms. The summed E-state index contributed by atoms with van der Waals surface area (Å²) < 4.78 is 4.87. The van der Waals surface area contributed by atoms with Gasteiger partial charge in [0.2, 0.25) is 0 Å². The lowest BCUT2D eigenvalue weighted by Crippen LogP contribution is -2.40. The average Bonchev–Trinajstić information content (AvgIpc) is 2.09. The number of aliphatic hydroxyl groups is 1. The molecule has 1 aliphatic carbocycles. The number of ether oxygens (including phenoxy) is 1. The monoisotopic (exact) mass is 183 g/mol. The quantitative estimate of drug-likeness (QED) is 0.577. The number of terminal acetylenes is 1. The molecule has 0 atom stereocenters. The Morgan fingerprint density at radius 3 is 2.54 bits per heavy atom. The van der Waals surface area contributed by atoms with Crippen molar-refractivity contribution >= 4 is 6.09 Å². The van der Waals surface area contributed by atoms with Gasteiger partial charge in [-0.1, -0.05) is 5.92 Å². The van der Waals surface area contributed by atoms with Crippen molar-refractivity contribution < 1.29 is 14.6 Å². The first kappa shape index (κ1) is 9.87. The van der Waals surface area contributed by atoms with E-state index in [0.717, 1.165) is 0 Å². The molecule has 4 heteroatoms. The Bertz CT molecular complexity index is 236. The Balaban J connectivity index is 2.62. The largest absolute Gasteiger partial charge is 0.430 e. The second kappa shape index (κ2) is 3.67. The summed E-state index contributed by atoms with van der Waals surface area (Å²) in [7, 11) is 0. The van der Waals surface area contributed by atoms with Gasteiger partial charge in [0.1, 0.15) is 0 Å². The van der Waals surface area contributed by atoms with E-state index in [0.29, 0.717) is 25.7 Å². The summed E-state index contributed by atoms with van der Waals surface area (Å²) in [5, 5.41) is 9.23. The number of carbonyl (C=O) groups excluding carboxylic acids is 1. The number of amides is 1. The van der Waals surface area contributed by atoms with Gasteiger partial charge < -0.3 is 15.6 Å². The molecule has 3 N–H and O–H groups in total. The molecule has 72 valence electrons. The number of nitrogens with two attached hydrogens (primary N) is 1. The molecule has 0 aliphatic heterocycles. The molecule has 1 fully saturated rings. The maximum Gasteiger partial charge on any atom is 0.406 e. The number of aliphatic hydroxyl groups excluding tert-OH is 1. The fourth-order valence-corrected chi connectivity index (χ4v) is 1.54. The maximum absolute atomic E-state index is 10.6. The average molecular weight is 183 g/mol. The van der Waals surface area contributed by atoms with Crippen molar-refractivity contribution in [1.82, 2.24) is 0 Å². The molecule has 1 rings (SSSR count). The smallest absolute Gasteiger partial charge is 0.406 e. The summed E-state index contributed by atoms with van der Waals surface area (Å²) >= 11 is 0. The highest BCUT2D eigenvalue weighted by molar-refractivity contribution is 5.65. The SMILES string of the molecule is C#CC1(OC(N)=O)CCC(O)CC1. The fraction of sp³-hybridized carbons (Fsp3) is 0.667. The standard InChI is InChI=1S/C9H13NO3/c1-2-9(13-8(10)12)5-3-7(11)4-6-9/h1,7,11H,3-6H2,(H2,10,12). The first-order chi connectivity index (χ1) is 6.08. The summed E-state index contributed by atoms with van der Waals surface area (Å²) in [6.45, 7) is 0. The molecule has 0 aromatic heterocycles. The first-order valence-corrected chi connectivity index (χ1v) is 4.22. The van der Waals surface area contributed by atoms with E-state index >= 15 is 0 Å². The van der Waals surface area contributed by atoms with E-state index < -0.39 is 11.7 Å². The maximum atomic E-state index is 10.6. The van der Waals surface area contributed by atoms with E-state index in [1.165, 1.54) is 0 Å². The van der Waals surface area contributed by atoms with Crippen molar-refractivity contribution in [2.24, 2.45) is 5.73 Å². The van der Waals surface area contributed by atoms with Crippen LogP contribution in [0.15, 0.2) is 0 Å². The van der Waals surface area contributed by atoms with Crippen LogP contribution in [0.4, 0.5) is 4.79 Å². The number of hydrogen-bond acceptors (Lipinski definition) is 3. The van der Waals surface area contributed by atoms with Crippen LogP contribution in [0, 0.1) is 12.3 Å². The highest BCUT2D eigenvalue weighted by Crippen LogP contribution is 2.31. The minimum absolute atomic E-state index is 0.335. The molecule has 13 heavy (non-hydrogen) atoms. The van der Waals surface area contributed by atoms with Crippen molar-refractivity contribution in [2.45, 2.75) is 37.4 Å². The molecule has 0 spiro atoms. The van der Waals surface area contributed by atoms with Crippen LogP contribution in [0.2, 0.25) is 0 Å². The van der Waals surface area contributed by atoms with Crippen molar-refractivity contribution in [3.63, 3.8) is 0 Å². The third kappa shape index (κ3) is 2.36. The van der Waals surface area contributed by atoms with Crippen LogP contribution in [0.25, 0.3) is 0 Å². The molecule has 0 unspecified atom stereocenters. The molecule has 1 amide bonds. The predicted molar refractivity (Wildman–Crippen MR) is 46.7 cm³/mol. The molecule has 0 saturated heterocycles. The third-order valence-electron chi connectivity index (χ3n) is 2.32. The predicted octanol–water partition coefficient (Wildman–Crippen LogP) is 0.389. The lowest BCUT2D eigenvalue weighted by Gasteiger charge is -2.33. The van der Waals surface area contributed by atoms with E-state index in [1.54, 1.807) is 0 Å². The molecule has 0 radical (unpaired) electrons. The highest BCUT2D eigenvalue weighted by atomic mass is 16.6. The molecular formula is C9H13NO3. The van der Waals surface area contributed by atoms with Crippen LogP contribution in [-0.2, 0) is 4.74 Å². The van der Waals surface area contributed by atoms with Gasteiger partial charge >= 0.3 is 6.09 Å². The second-order valence-electron chi connectivity index (χ2n) is 3.29. The summed E-state index contributed by atoms with van der Waals surface area (Å²) in [6.07, 6.45) is 6.15. The van der Waals surface area contributed by atoms with Gasteiger partial charge in [0, 0.05) is 12.8 Å². The van der Waals surface area contributed by atoms with Gasteiger partial charge in [0.25, 0.3) is 0 Å². The van der Waals surface area contributed by atoms with Gasteiger partial charge in [-0.3, -0.25) is 0 Å². The van der Waals surface area contributed by atoms with Gasteiger partial charge in [-0.25, -0.2) is 4.79 Å². The fourth-order valence-electron chi connectivity index (χ4n) is 1.54. The number of rotatable bonds is 1. The Morgan fingerprint density at radius 2 is 2.15 bits per heavy atom. The highest BCUT2D eigenvalue weighted by Gasteiger charge is 2.36. The zero-order valence-corrected chi connectivity index (χ0v) is 7.32. The van der Waals surface area contributed by atoms with E-state index in [1.807, 2.05) is 0 Å². The molecule has 0 aromatic carbocycles. The molecule has 0 heterocycles. The molecule has 1 aliphatic rings. The Labute approximate surface area is 77.1 Å². The molecular weight excluding hydrogens is 170 g/mol. The van der Waals surface area contributed by atoms with E-state index in [-0.39, 0.29) is 6.10 Å². The molecule has 1 saturated carbocycles. The van der Waals surface area contributed by atoms with E-state index in [4.69, 9.17) is 16.9 Å². The van der Waals surface area contributed by atoms with Crippen molar-refractivity contribution in [1.29, 1.82) is 0 Å². The lowest BCUT2D eigenvalue weighted by atomic mass is 9.84. The summed E-state index contributed by atoms with van der Waals surface area (Å²) in [5.74, 6) is 2.44. The number of primary amides is 1. The number of hydrogen-bond donors (Lipinski definition) is 2. The summed E-state index contributed by atoms with van der Waals surface area (Å²) in [6, 6.07) is 0. The summed E-state index contributed by atoms with van der Waals surface area (Å²) in [4.78, 5) is 10.6. The van der Waals surface area contributed by atoms with Crippen molar-refractivity contribution in [3.05, 3.63) is 0 Å². The van der Waals surface area contributed by atoms with Crippen LogP contribution in [-0.4, -0.2) is 22.9 Å². The van der Waals surface area contributed by atoms with Crippen LogP contribution in [0.5, 0.6) is 0 Å². The minimum atomic E-state index is -0.884. The van der Waals surface area contributed by atoms with Gasteiger partial charge in [-0.2, -0.15) is 0 Å². The topological polar surface area (TPSA) is 72.5 Å². The lowest BCUT2D eigenvalue weighted by molar-refractivity contribution is -0.00234. The van der Waals surface area contributed by atoms with E-state index in [9.17, 15) is 9.90 Å². The Kier molecular flexibility index (Phi) is 2.79. The van der Waals surface area contributed by atoms with Crippen LogP contribution in [0.3, 0.4) is 0 Å². The van der Waals surface area contributed by atoms with Gasteiger partial charge in [-0.15, -0.1) is 6.42 Å². The van der Waals surface area contributed by atoms with Crippen LogP contribution < -0.4 is 5.73 Å². The zero-order chi connectivity index (χ0) is 9.90. The van der Waals surface area contributed by atoms with Crippen molar-refractivity contribution in [2.75, 3.05) is 0 Å². The van der Waals surface area contributed by atoms with Gasteiger partial charge in [0.05, 0.1) is 6.10 Å². The van der Waals surface area contributed by atoms with Gasteiger partial charge in [-0.05, 0) is 12.8 Å². The number of carbonyl (C=O) groups is 1. The third-order valence-corrected chi connectivity index (χ3v) is 2.32. The van der Waals surface area contributed by atoms with Crippen molar-refractivity contribution in [3.8, 4) is 12.3 Å². The zero-order valence-electron chi connectivity index (χ0n) is 7.32. The van der Waals surface area contributed by atoms with Crippen LogP contribution >= 0.6 is 0 Å². The molecule has 4 nitrogen and oxygen atoms in total. The normalized spacial score (nSPS) is 33.4. The Morgan fingerprint density at radius 1 is 1.62 bits per heavy atom.